The molecule has 0 saturated carbocycles. The Balaban J connectivity index is 3.88. The van der Waals surface area contributed by atoms with Crippen LogP contribution in [0.3, 0.4) is 0 Å². The Morgan fingerprint density at radius 3 is 1.38 bits per heavy atom. The fourth-order valence-corrected chi connectivity index (χ4v) is 4.24. The predicted octanol–water partition coefficient (Wildman–Crippen LogP) is 8.99. The van der Waals surface area contributed by atoms with Gasteiger partial charge in [0.2, 0.25) is 0 Å². The van der Waals surface area contributed by atoms with Crippen molar-refractivity contribution < 1.29 is 19.4 Å². The molecule has 0 spiro atoms. The Bertz CT molecular complexity index is 422. The molecular weight excluding hydrogens is 400 g/mol. The SMILES string of the molecule is CCCCCCCCC(CCCCCCC)OC(=O)CCCCCCCCCCC(=O)O. The number of ether oxygens (including phenoxy) is 1. The van der Waals surface area contributed by atoms with Gasteiger partial charge in [-0.1, -0.05) is 110 Å². The van der Waals surface area contributed by atoms with Crippen molar-refractivity contribution in [2.45, 2.75) is 168 Å². The van der Waals surface area contributed by atoms with E-state index in [1.165, 1.54) is 83.5 Å². The van der Waals surface area contributed by atoms with E-state index in [9.17, 15) is 9.59 Å². The Morgan fingerprint density at radius 2 is 0.938 bits per heavy atom. The Labute approximate surface area is 199 Å². The summed E-state index contributed by atoms with van der Waals surface area (Å²) in [6.07, 6.45) is 25.5. The van der Waals surface area contributed by atoms with Gasteiger partial charge in [0.05, 0.1) is 0 Å². The van der Waals surface area contributed by atoms with Gasteiger partial charge in [-0.05, 0) is 38.5 Å². The normalized spacial score (nSPS) is 12.1. The predicted molar refractivity (Wildman–Crippen MR) is 135 cm³/mol. The lowest BCUT2D eigenvalue weighted by molar-refractivity contribution is -0.150. The molecule has 0 rings (SSSR count). The molecule has 0 aliphatic carbocycles. The molecule has 0 fully saturated rings. The maximum absolute atomic E-state index is 12.4. The number of carboxylic acid groups (broad SMARTS) is 1. The van der Waals surface area contributed by atoms with E-state index >= 15 is 0 Å². The third-order valence-corrected chi connectivity index (χ3v) is 6.33. The molecule has 4 nitrogen and oxygen atoms in total. The minimum atomic E-state index is -0.692. The van der Waals surface area contributed by atoms with E-state index in [0.717, 1.165) is 51.4 Å². The number of unbranched alkanes of at least 4 members (excludes halogenated alkanes) is 16. The van der Waals surface area contributed by atoms with Crippen molar-refractivity contribution in [2.75, 3.05) is 0 Å². The van der Waals surface area contributed by atoms with Gasteiger partial charge in [0.25, 0.3) is 0 Å². The molecule has 0 heterocycles. The van der Waals surface area contributed by atoms with Crippen molar-refractivity contribution in [2.24, 2.45) is 0 Å². The second-order valence-electron chi connectivity index (χ2n) is 9.59. The molecule has 0 aromatic carbocycles. The first kappa shape index (κ1) is 30.9. The molecule has 190 valence electrons. The lowest BCUT2D eigenvalue weighted by atomic mass is 10.0. The largest absolute Gasteiger partial charge is 0.481 e. The van der Waals surface area contributed by atoms with E-state index in [4.69, 9.17) is 9.84 Å². The fourth-order valence-electron chi connectivity index (χ4n) is 4.24. The second-order valence-corrected chi connectivity index (χ2v) is 9.59. The highest BCUT2D eigenvalue weighted by molar-refractivity contribution is 5.69. The van der Waals surface area contributed by atoms with Crippen LogP contribution in [0, 0.1) is 0 Å². The quantitative estimate of drug-likeness (QED) is 0.110. The van der Waals surface area contributed by atoms with Gasteiger partial charge >= 0.3 is 11.9 Å². The fraction of sp³-hybridized carbons (Fsp3) is 0.929. The zero-order valence-corrected chi connectivity index (χ0v) is 21.5. The summed E-state index contributed by atoms with van der Waals surface area (Å²) >= 11 is 0. The van der Waals surface area contributed by atoms with E-state index in [2.05, 4.69) is 13.8 Å². The lowest BCUT2D eigenvalue weighted by Crippen LogP contribution is -2.18. The number of hydrogen-bond acceptors (Lipinski definition) is 3. The van der Waals surface area contributed by atoms with Gasteiger partial charge in [-0.15, -0.1) is 0 Å². The molecule has 1 unspecified atom stereocenters. The topological polar surface area (TPSA) is 63.6 Å². The third-order valence-electron chi connectivity index (χ3n) is 6.33. The van der Waals surface area contributed by atoms with Crippen LogP contribution in [0.25, 0.3) is 0 Å². The smallest absolute Gasteiger partial charge is 0.306 e. The van der Waals surface area contributed by atoms with Crippen molar-refractivity contribution in [1.82, 2.24) is 0 Å². The highest BCUT2D eigenvalue weighted by Crippen LogP contribution is 2.18. The van der Waals surface area contributed by atoms with Crippen molar-refractivity contribution in [3.8, 4) is 0 Å². The van der Waals surface area contributed by atoms with Crippen LogP contribution in [-0.4, -0.2) is 23.1 Å². The van der Waals surface area contributed by atoms with Crippen LogP contribution >= 0.6 is 0 Å². The summed E-state index contributed by atoms with van der Waals surface area (Å²) in [7, 11) is 0. The van der Waals surface area contributed by atoms with Crippen molar-refractivity contribution >= 4 is 11.9 Å². The molecule has 0 saturated heterocycles. The molecule has 0 aromatic rings. The van der Waals surface area contributed by atoms with Gasteiger partial charge in [0, 0.05) is 12.8 Å². The molecule has 0 radical (unpaired) electrons. The number of carbonyl (C=O) groups excluding carboxylic acids is 1. The highest BCUT2D eigenvalue weighted by atomic mass is 16.5. The monoisotopic (exact) mass is 454 g/mol. The maximum Gasteiger partial charge on any atom is 0.306 e. The summed E-state index contributed by atoms with van der Waals surface area (Å²) in [4.78, 5) is 22.8. The van der Waals surface area contributed by atoms with Crippen LogP contribution < -0.4 is 0 Å². The van der Waals surface area contributed by atoms with Crippen LogP contribution in [0.5, 0.6) is 0 Å². The third kappa shape index (κ3) is 23.6. The Hall–Kier alpha value is -1.06. The summed E-state index contributed by atoms with van der Waals surface area (Å²) < 4.78 is 5.89. The lowest BCUT2D eigenvalue weighted by Gasteiger charge is -2.18. The van der Waals surface area contributed by atoms with Gasteiger partial charge in [-0.3, -0.25) is 9.59 Å². The van der Waals surface area contributed by atoms with E-state index in [1.807, 2.05) is 0 Å². The average Bonchev–Trinajstić information content (AvgIpc) is 2.76. The summed E-state index contributed by atoms with van der Waals surface area (Å²) in [6, 6.07) is 0. The van der Waals surface area contributed by atoms with Gasteiger partial charge in [0.1, 0.15) is 6.10 Å². The van der Waals surface area contributed by atoms with Gasteiger partial charge in [-0.25, -0.2) is 0 Å². The first-order valence-electron chi connectivity index (χ1n) is 14.0. The molecule has 4 heteroatoms. The number of carboxylic acids is 1. The minimum absolute atomic E-state index is 0.00297. The summed E-state index contributed by atoms with van der Waals surface area (Å²) in [5.74, 6) is -0.689. The molecule has 1 atom stereocenters. The zero-order chi connectivity index (χ0) is 23.7. The minimum Gasteiger partial charge on any atom is -0.481 e. The first-order valence-corrected chi connectivity index (χ1v) is 14.0. The zero-order valence-electron chi connectivity index (χ0n) is 21.5. The first-order chi connectivity index (χ1) is 15.6. The Kier molecular flexibility index (Phi) is 23.8. The molecule has 0 bridgehead atoms. The molecular formula is C28H54O4. The molecule has 0 aliphatic rings. The van der Waals surface area contributed by atoms with E-state index in [-0.39, 0.29) is 12.1 Å². The molecule has 1 N–H and O–H groups in total. The number of rotatable bonds is 25. The van der Waals surface area contributed by atoms with Crippen LogP contribution in [0.2, 0.25) is 0 Å². The number of carbonyl (C=O) groups is 2. The van der Waals surface area contributed by atoms with E-state index < -0.39 is 5.97 Å². The van der Waals surface area contributed by atoms with Crippen LogP contribution in [0.15, 0.2) is 0 Å². The number of hydrogen-bond donors (Lipinski definition) is 1. The van der Waals surface area contributed by atoms with E-state index in [1.54, 1.807) is 0 Å². The standard InChI is InChI=1S/C28H54O4/c1-3-5-7-9-15-19-23-26(22-18-14-8-6-4-2)32-28(31)25-21-17-13-11-10-12-16-20-24-27(29)30/h26H,3-25H2,1-2H3,(H,29,30). The van der Waals surface area contributed by atoms with Crippen molar-refractivity contribution in [3.63, 3.8) is 0 Å². The maximum atomic E-state index is 12.4. The van der Waals surface area contributed by atoms with Crippen LogP contribution in [0.1, 0.15) is 162 Å². The summed E-state index contributed by atoms with van der Waals surface area (Å²) in [6.45, 7) is 4.49. The van der Waals surface area contributed by atoms with Crippen LogP contribution in [0.4, 0.5) is 0 Å². The van der Waals surface area contributed by atoms with Crippen molar-refractivity contribution in [3.05, 3.63) is 0 Å². The van der Waals surface area contributed by atoms with E-state index in [0.29, 0.717) is 12.8 Å². The number of esters is 1. The number of aliphatic carboxylic acids is 1. The highest BCUT2D eigenvalue weighted by Gasteiger charge is 2.14. The van der Waals surface area contributed by atoms with Crippen LogP contribution in [-0.2, 0) is 14.3 Å². The Morgan fingerprint density at radius 1 is 0.562 bits per heavy atom. The summed E-state index contributed by atoms with van der Waals surface area (Å²) in [5, 5.41) is 8.63. The van der Waals surface area contributed by atoms with Gasteiger partial charge < -0.3 is 9.84 Å². The summed E-state index contributed by atoms with van der Waals surface area (Å²) in [5.41, 5.74) is 0. The van der Waals surface area contributed by atoms with Crippen molar-refractivity contribution in [1.29, 1.82) is 0 Å². The van der Waals surface area contributed by atoms with Gasteiger partial charge in [-0.2, -0.15) is 0 Å². The molecule has 0 aliphatic heterocycles. The average molecular weight is 455 g/mol. The molecule has 32 heavy (non-hydrogen) atoms. The molecule has 0 amide bonds. The molecule has 0 aromatic heterocycles. The van der Waals surface area contributed by atoms with Gasteiger partial charge in [0.15, 0.2) is 0 Å². The second kappa shape index (κ2) is 24.6.